The lowest BCUT2D eigenvalue weighted by Crippen LogP contribution is -2.26. The molecule has 27 heavy (non-hydrogen) atoms. The van der Waals surface area contributed by atoms with Gasteiger partial charge < -0.3 is 14.8 Å². The predicted octanol–water partition coefficient (Wildman–Crippen LogP) is 4.26. The molecular formula is C22H22N2O3. The number of benzene rings is 2. The third kappa shape index (κ3) is 4.26. The third-order valence-electron chi connectivity index (χ3n) is 4.40. The van der Waals surface area contributed by atoms with Crippen molar-refractivity contribution in [3.05, 3.63) is 78.1 Å². The lowest BCUT2D eigenvalue weighted by atomic mass is 10.0. The molecule has 0 bridgehead atoms. The number of hydrogen-bond acceptors (Lipinski definition) is 4. The Hall–Kier alpha value is -3.34. The van der Waals surface area contributed by atoms with Gasteiger partial charge in [-0.25, -0.2) is 0 Å². The average Bonchev–Trinajstić information content (AvgIpc) is 2.73. The Labute approximate surface area is 159 Å². The van der Waals surface area contributed by atoms with Crippen LogP contribution < -0.4 is 14.8 Å². The van der Waals surface area contributed by atoms with E-state index >= 15 is 0 Å². The number of nitrogens with one attached hydrogen (secondary N) is 1. The number of rotatable bonds is 6. The van der Waals surface area contributed by atoms with E-state index in [2.05, 4.69) is 10.3 Å². The van der Waals surface area contributed by atoms with E-state index < -0.39 is 0 Å². The minimum atomic E-state index is -0.162. The highest BCUT2D eigenvalue weighted by Gasteiger charge is 2.15. The first kappa shape index (κ1) is 18.5. The Balaban J connectivity index is 1.80. The Kier molecular flexibility index (Phi) is 5.71. The molecule has 0 radical (unpaired) electrons. The largest absolute Gasteiger partial charge is 0.497 e. The molecule has 1 aromatic heterocycles. The Bertz CT molecular complexity index is 926. The van der Waals surface area contributed by atoms with E-state index in [1.165, 1.54) is 0 Å². The molecule has 0 aliphatic heterocycles. The average molecular weight is 362 g/mol. The summed E-state index contributed by atoms with van der Waals surface area (Å²) in [5.41, 5.74) is 3.42. The van der Waals surface area contributed by atoms with Crippen LogP contribution in [0.15, 0.2) is 67.0 Å². The SMILES string of the molecule is COc1cccc(C(C)NC(=O)c2ccc(-c3ccncc3)c(OC)c2)c1. The van der Waals surface area contributed by atoms with E-state index in [0.29, 0.717) is 11.3 Å². The molecule has 0 aliphatic rings. The fourth-order valence-corrected chi connectivity index (χ4v) is 2.88. The summed E-state index contributed by atoms with van der Waals surface area (Å²) in [6.45, 7) is 1.94. The van der Waals surface area contributed by atoms with Gasteiger partial charge in [-0.1, -0.05) is 12.1 Å². The van der Waals surface area contributed by atoms with Crippen molar-refractivity contribution in [3.63, 3.8) is 0 Å². The predicted molar refractivity (Wildman–Crippen MR) is 105 cm³/mol. The summed E-state index contributed by atoms with van der Waals surface area (Å²) in [7, 11) is 3.22. The van der Waals surface area contributed by atoms with Crippen molar-refractivity contribution in [1.82, 2.24) is 10.3 Å². The van der Waals surface area contributed by atoms with Crippen molar-refractivity contribution in [3.8, 4) is 22.6 Å². The van der Waals surface area contributed by atoms with Crippen LogP contribution in [0.1, 0.15) is 28.9 Å². The van der Waals surface area contributed by atoms with Crippen molar-refractivity contribution in [1.29, 1.82) is 0 Å². The molecule has 1 atom stereocenters. The minimum absolute atomic E-state index is 0.154. The van der Waals surface area contributed by atoms with Gasteiger partial charge in [0.05, 0.1) is 20.3 Å². The van der Waals surface area contributed by atoms with Crippen molar-refractivity contribution in [2.75, 3.05) is 14.2 Å². The number of hydrogen-bond donors (Lipinski definition) is 1. The van der Waals surface area contributed by atoms with Gasteiger partial charge in [0.2, 0.25) is 0 Å². The first-order chi connectivity index (χ1) is 13.1. The second kappa shape index (κ2) is 8.36. The first-order valence-electron chi connectivity index (χ1n) is 8.65. The first-order valence-corrected chi connectivity index (χ1v) is 8.65. The lowest BCUT2D eigenvalue weighted by molar-refractivity contribution is 0.0939. The normalized spacial score (nSPS) is 11.5. The van der Waals surface area contributed by atoms with Gasteiger partial charge in [-0.05, 0) is 60.5 Å². The fourth-order valence-electron chi connectivity index (χ4n) is 2.88. The highest BCUT2D eigenvalue weighted by molar-refractivity contribution is 5.95. The van der Waals surface area contributed by atoms with Gasteiger partial charge in [-0.2, -0.15) is 0 Å². The third-order valence-corrected chi connectivity index (χ3v) is 4.40. The second-order valence-corrected chi connectivity index (χ2v) is 6.12. The van der Waals surface area contributed by atoms with Crippen LogP contribution >= 0.6 is 0 Å². The number of carbonyl (C=O) groups excluding carboxylic acids is 1. The number of amides is 1. The number of nitrogens with zero attached hydrogens (tertiary/aromatic N) is 1. The second-order valence-electron chi connectivity index (χ2n) is 6.12. The van der Waals surface area contributed by atoms with Crippen LogP contribution in [0.4, 0.5) is 0 Å². The molecule has 138 valence electrons. The molecule has 0 aliphatic carbocycles. The zero-order chi connectivity index (χ0) is 19.2. The molecule has 0 saturated carbocycles. The van der Waals surface area contributed by atoms with E-state index in [0.717, 1.165) is 22.4 Å². The van der Waals surface area contributed by atoms with Gasteiger partial charge in [0.1, 0.15) is 11.5 Å². The zero-order valence-electron chi connectivity index (χ0n) is 15.6. The summed E-state index contributed by atoms with van der Waals surface area (Å²) < 4.78 is 10.7. The maximum atomic E-state index is 12.7. The molecular weight excluding hydrogens is 340 g/mol. The monoisotopic (exact) mass is 362 g/mol. The van der Waals surface area contributed by atoms with Crippen LogP contribution in [-0.4, -0.2) is 25.1 Å². The number of methoxy groups -OCH3 is 2. The maximum absolute atomic E-state index is 12.7. The summed E-state index contributed by atoms with van der Waals surface area (Å²) >= 11 is 0. The quantitative estimate of drug-likeness (QED) is 0.712. The van der Waals surface area contributed by atoms with Gasteiger partial charge >= 0.3 is 0 Å². The number of pyridine rings is 1. The van der Waals surface area contributed by atoms with Crippen LogP contribution in [0.25, 0.3) is 11.1 Å². The summed E-state index contributed by atoms with van der Waals surface area (Å²) in [5.74, 6) is 1.24. The summed E-state index contributed by atoms with van der Waals surface area (Å²) in [6, 6.07) is 16.8. The van der Waals surface area contributed by atoms with Crippen LogP contribution in [0.5, 0.6) is 11.5 Å². The van der Waals surface area contributed by atoms with E-state index in [4.69, 9.17) is 9.47 Å². The number of carbonyl (C=O) groups is 1. The molecule has 2 aromatic carbocycles. The molecule has 0 saturated heterocycles. The van der Waals surface area contributed by atoms with Gasteiger partial charge in [-0.3, -0.25) is 9.78 Å². The summed E-state index contributed by atoms with van der Waals surface area (Å²) in [6.07, 6.45) is 3.45. The Morgan fingerprint density at radius 1 is 1.00 bits per heavy atom. The number of ether oxygens (including phenoxy) is 2. The molecule has 5 heteroatoms. The highest BCUT2D eigenvalue weighted by Crippen LogP contribution is 2.30. The van der Waals surface area contributed by atoms with Crippen molar-refractivity contribution >= 4 is 5.91 Å². The molecule has 0 spiro atoms. The van der Waals surface area contributed by atoms with Crippen LogP contribution in [0.2, 0.25) is 0 Å². The summed E-state index contributed by atoms with van der Waals surface area (Å²) in [5, 5.41) is 3.01. The highest BCUT2D eigenvalue weighted by atomic mass is 16.5. The van der Waals surface area contributed by atoms with E-state index in [1.54, 1.807) is 38.7 Å². The van der Waals surface area contributed by atoms with Crippen molar-refractivity contribution < 1.29 is 14.3 Å². The van der Waals surface area contributed by atoms with E-state index in [9.17, 15) is 4.79 Å². The van der Waals surface area contributed by atoms with Gasteiger partial charge in [0.15, 0.2) is 0 Å². The lowest BCUT2D eigenvalue weighted by Gasteiger charge is -2.16. The van der Waals surface area contributed by atoms with Gasteiger partial charge in [0, 0.05) is 23.5 Å². The Morgan fingerprint density at radius 2 is 1.78 bits per heavy atom. The minimum Gasteiger partial charge on any atom is -0.497 e. The molecule has 1 amide bonds. The smallest absolute Gasteiger partial charge is 0.251 e. The van der Waals surface area contributed by atoms with Crippen molar-refractivity contribution in [2.24, 2.45) is 0 Å². The van der Waals surface area contributed by atoms with Crippen LogP contribution in [-0.2, 0) is 0 Å². The zero-order valence-corrected chi connectivity index (χ0v) is 15.6. The molecule has 1 N–H and O–H groups in total. The number of aromatic nitrogens is 1. The molecule has 1 heterocycles. The van der Waals surface area contributed by atoms with Crippen molar-refractivity contribution in [2.45, 2.75) is 13.0 Å². The molecule has 1 unspecified atom stereocenters. The Morgan fingerprint density at radius 3 is 2.48 bits per heavy atom. The van der Waals surface area contributed by atoms with Crippen LogP contribution in [0.3, 0.4) is 0 Å². The van der Waals surface area contributed by atoms with E-state index in [1.807, 2.05) is 49.4 Å². The van der Waals surface area contributed by atoms with Gasteiger partial charge in [0.25, 0.3) is 5.91 Å². The van der Waals surface area contributed by atoms with Crippen LogP contribution in [0, 0.1) is 0 Å². The van der Waals surface area contributed by atoms with E-state index in [-0.39, 0.29) is 11.9 Å². The van der Waals surface area contributed by atoms with Gasteiger partial charge in [-0.15, -0.1) is 0 Å². The molecule has 5 nitrogen and oxygen atoms in total. The molecule has 3 aromatic rings. The fraction of sp³-hybridized carbons (Fsp3) is 0.182. The maximum Gasteiger partial charge on any atom is 0.251 e. The molecule has 0 fully saturated rings. The summed E-state index contributed by atoms with van der Waals surface area (Å²) in [4.78, 5) is 16.7. The molecule has 3 rings (SSSR count). The topological polar surface area (TPSA) is 60.5 Å². The standard InChI is InChI=1S/C22H22N2O3/c1-15(17-5-4-6-19(13-17)26-2)24-22(25)18-7-8-20(21(14-18)27-3)16-9-11-23-12-10-16/h4-15H,1-3H3,(H,24,25).